The number of halogens is 1. The molecule has 0 unspecified atom stereocenters. The number of ether oxygens (including phenoxy) is 1. The standard InChI is InChI=1S/C21H26IN3O2/c1-14-18(9-10-25(14)13-15-7-5-4-6-8-15)24-21(26)16-11-17(22)19(23-2)12-20(16)27-3/h4-8,11-12,14,18,23H,9-10,13H2,1-3H3,(H,24,26)/t14-,18-/m0/s1. The van der Waals surface area contributed by atoms with Gasteiger partial charge in [0.05, 0.1) is 18.4 Å². The van der Waals surface area contributed by atoms with Crippen molar-refractivity contribution in [3.05, 3.63) is 57.2 Å². The van der Waals surface area contributed by atoms with Crippen molar-refractivity contribution in [1.82, 2.24) is 10.2 Å². The van der Waals surface area contributed by atoms with E-state index in [0.717, 1.165) is 28.8 Å². The number of hydrogen-bond donors (Lipinski definition) is 2. The molecule has 3 rings (SSSR count). The van der Waals surface area contributed by atoms with Crippen molar-refractivity contribution >= 4 is 34.2 Å². The number of anilines is 1. The summed E-state index contributed by atoms with van der Waals surface area (Å²) < 4.78 is 6.43. The topological polar surface area (TPSA) is 53.6 Å². The number of amides is 1. The highest BCUT2D eigenvalue weighted by Gasteiger charge is 2.32. The summed E-state index contributed by atoms with van der Waals surface area (Å²) in [6, 6.07) is 14.6. The summed E-state index contributed by atoms with van der Waals surface area (Å²) in [4.78, 5) is 15.3. The first kappa shape index (κ1) is 19.9. The largest absolute Gasteiger partial charge is 0.496 e. The maximum Gasteiger partial charge on any atom is 0.255 e. The second-order valence-corrected chi connectivity index (χ2v) is 8.01. The Morgan fingerprint density at radius 2 is 2.04 bits per heavy atom. The van der Waals surface area contributed by atoms with E-state index in [4.69, 9.17) is 4.74 Å². The molecule has 1 fully saturated rings. The number of benzene rings is 2. The van der Waals surface area contributed by atoms with Crippen LogP contribution >= 0.6 is 22.6 Å². The van der Waals surface area contributed by atoms with Crippen LogP contribution in [-0.4, -0.2) is 43.6 Å². The molecule has 1 aliphatic rings. The van der Waals surface area contributed by atoms with Gasteiger partial charge in [-0.15, -0.1) is 0 Å². The highest BCUT2D eigenvalue weighted by atomic mass is 127. The highest BCUT2D eigenvalue weighted by molar-refractivity contribution is 14.1. The molecule has 2 N–H and O–H groups in total. The number of methoxy groups -OCH3 is 1. The minimum atomic E-state index is -0.0779. The predicted molar refractivity (Wildman–Crippen MR) is 117 cm³/mol. The summed E-state index contributed by atoms with van der Waals surface area (Å²) in [5.41, 5.74) is 2.83. The van der Waals surface area contributed by atoms with Gasteiger partial charge in [0.15, 0.2) is 0 Å². The molecule has 0 bridgehead atoms. The smallest absolute Gasteiger partial charge is 0.255 e. The van der Waals surface area contributed by atoms with Crippen molar-refractivity contribution in [2.75, 3.05) is 26.0 Å². The van der Waals surface area contributed by atoms with E-state index in [1.165, 1.54) is 5.56 Å². The van der Waals surface area contributed by atoms with Gasteiger partial charge in [-0.3, -0.25) is 9.69 Å². The number of nitrogens with zero attached hydrogens (tertiary/aromatic N) is 1. The van der Waals surface area contributed by atoms with E-state index in [9.17, 15) is 4.79 Å². The Morgan fingerprint density at radius 1 is 1.30 bits per heavy atom. The zero-order valence-corrected chi connectivity index (χ0v) is 18.1. The van der Waals surface area contributed by atoms with Crippen LogP contribution in [0.3, 0.4) is 0 Å². The van der Waals surface area contributed by atoms with Crippen molar-refractivity contribution in [2.24, 2.45) is 0 Å². The van der Waals surface area contributed by atoms with Gasteiger partial charge in [-0.05, 0) is 47.6 Å². The molecule has 0 saturated carbocycles. The lowest BCUT2D eigenvalue weighted by molar-refractivity contribution is 0.0924. The van der Waals surface area contributed by atoms with Crippen LogP contribution in [0, 0.1) is 3.57 Å². The summed E-state index contributed by atoms with van der Waals surface area (Å²) in [7, 11) is 3.45. The van der Waals surface area contributed by atoms with E-state index >= 15 is 0 Å². The van der Waals surface area contributed by atoms with Crippen molar-refractivity contribution in [3.63, 3.8) is 0 Å². The van der Waals surface area contributed by atoms with Crippen LogP contribution < -0.4 is 15.4 Å². The zero-order valence-electron chi connectivity index (χ0n) is 16.0. The fraction of sp³-hybridized carbons (Fsp3) is 0.381. The quantitative estimate of drug-likeness (QED) is 0.621. The molecule has 2 atom stereocenters. The van der Waals surface area contributed by atoms with E-state index in [-0.39, 0.29) is 18.0 Å². The van der Waals surface area contributed by atoms with E-state index < -0.39 is 0 Å². The van der Waals surface area contributed by atoms with Crippen LogP contribution in [0.15, 0.2) is 42.5 Å². The Hall–Kier alpha value is -1.80. The van der Waals surface area contributed by atoms with Gasteiger partial charge in [-0.2, -0.15) is 0 Å². The van der Waals surface area contributed by atoms with Crippen molar-refractivity contribution in [2.45, 2.75) is 32.0 Å². The van der Waals surface area contributed by atoms with Crippen LogP contribution in [0.2, 0.25) is 0 Å². The van der Waals surface area contributed by atoms with Gasteiger partial charge in [0.2, 0.25) is 0 Å². The van der Waals surface area contributed by atoms with Crippen molar-refractivity contribution in [1.29, 1.82) is 0 Å². The molecular weight excluding hydrogens is 453 g/mol. The first-order chi connectivity index (χ1) is 13.0. The molecule has 6 heteroatoms. The Balaban J connectivity index is 1.69. The van der Waals surface area contributed by atoms with Gasteiger partial charge < -0.3 is 15.4 Å². The van der Waals surface area contributed by atoms with Gasteiger partial charge in [-0.1, -0.05) is 30.3 Å². The van der Waals surface area contributed by atoms with E-state index in [1.54, 1.807) is 7.11 Å². The van der Waals surface area contributed by atoms with Crippen LogP contribution in [0.4, 0.5) is 5.69 Å². The van der Waals surface area contributed by atoms with Crippen LogP contribution in [-0.2, 0) is 6.54 Å². The van der Waals surface area contributed by atoms with Gasteiger partial charge in [-0.25, -0.2) is 0 Å². The Labute approximate surface area is 174 Å². The molecule has 2 aromatic carbocycles. The minimum Gasteiger partial charge on any atom is -0.496 e. The molecular formula is C21H26IN3O2. The SMILES string of the molecule is CNc1cc(OC)c(C(=O)N[C@H]2CCN(Cc3ccccc3)[C@H]2C)cc1I. The van der Waals surface area contributed by atoms with Crippen LogP contribution in [0.5, 0.6) is 5.75 Å². The molecule has 1 heterocycles. The fourth-order valence-corrected chi connectivity index (χ4v) is 4.31. The number of likely N-dealkylation sites (tertiary alicyclic amines) is 1. The van der Waals surface area contributed by atoms with E-state index in [0.29, 0.717) is 11.3 Å². The molecule has 2 aromatic rings. The van der Waals surface area contributed by atoms with Gasteiger partial charge in [0.25, 0.3) is 5.91 Å². The second kappa shape index (κ2) is 8.93. The lowest BCUT2D eigenvalue weighted by Gasteiger charge is -2.25. The van der Waals surface area contributed by atoms with E-state index in [1.807, 2.05) is 25.2 Å². The second-order valence-electron chi connectivity index (χ2n) is 6.85. The summed E-state index contributed by atoms with van der Waals surface area (Å²) in [5.74, 6) is 0.509. The van der Waals surface area contributed by atoms with Gasteiger partial charge in [0, 0.05) is 41.9 Å². The Morgan fingerprint density at radius 3 is 2.70 bits per heavy atom. The normalized spacial score (nSPS) is 19.7. The molecule has 0 spiro atoms. The summed E-state index contributed by atoms with van der Waals surface area (Å²) in [6.45, 7) is 4.08. The number of rotatable bonds is 6. The minimum absolute atomic E-state index is 0.0779. The third kappa shape index (κ3) is 4.55. The molecule has 5 nitrogen and oxygen atoms in total. The van der Waals surface area contributed by atoms with Crippen molar-refractivity contribution in [3.8, 4) is 5.75 Å². The number of carbonyl (C=O) groups is 1. The predicted octanol–water partition coefficient (Wildman–Crippen LogP) is 3.73. The molecule has 27 heavy (non-hydrogen) atoms. The first-order valence-electron chi connectivity index (χ1n) is 9.17. The Bertz CT molecular complexity index is 798. The monoisotopic (exact) mass is 479 g/mol. The first-order valence-corrected chi connectivity index (χ1v) is 10.3. The van der Waals surface area contributed by atoms with Crippen LogP contribution in [0.25, 0.3) is 0 Å². The Kier molecular flexibility index (Phi) is 6.59. The lowest BCUT2D eigenvalue weighted by Crippen LogP contribution is -2.43. The lowest BCUT2D eigenvalue weighted by atomic mass is 10.1. The molecule has 0 aromatic heterocycles. The maximum atomic E-state index is 12.9. The average molecular weight is 479 g/mol. The third-order valence-electron chi connectivity index (χ3n) is 5.23. The number of carbonyl (C=O) groups excluding carboxylic acids is 1. The molecule has 1 aliphatic heterocycles. The number of nitrogens with one attached hydrogen (secondary N) is 2. The summed E-state index contributed by atoms with van der Waals surface area (Å²) >= 11 is 2.23. The van der Waals surface area contributed by atoms with Crippen molar-refractivity contribution < 1.29 is 9.53 Å². The van der Waals surface area contributed by atoms with E-state index in [2.05, 4.69) is 69.3 Å². The summed E-state index contributed by atoms with van der Waals surface area (Å²) in [6.07, 6.45) is 0.952. The third-order valence-corrected chi connectivity index (χ3v) is 6.13. The molecule has 144 valence electrons. The number of hydrogen-bond acceptors (Lipinski definition) is 4. The maximum absolute atomic E-state index is 12.9. The highest BCUT2D eigenvalue weighted by Crippen LogP contribution is 2.29. The molecule has 1 saturated heterocycles. The van der Waals surface area contributed by atoms with Gasteiger partial charge >= 0.3 is 0 Å². The summed E-state index contributed by atoms with van der Waals surface area (Å²) in [5, 5.41) is 6.34. The van der Waals surface area contributed by atoms with Gasteiger partial charge in [0.1, 0.15) is 5.75 Å². The molecule has 1 amide bonds. The average Bonchev–Trinajstić information content (AvgIpc) is 3.02. The fourth-order valence-electron chi connectivity index (χ4n) is 3.58. The molecule has 0 radical (unpaired) electrons. The van der Waals surface area contributed by atoms with Crippen LogP contribution in [0.1, 0.15) is 29.3 Å². The zero-order chi connectivity index (χ0) is 19.4. The molecule has 0 aliphatic carbocycles.